The van der Waals surface area contributed by atoms with Gasteiger partial charge >= 0.3 is 0 Å². The Morgan fingerprint density at radius 1 is 1.19 bits per heavy atom. The molecule has 0 saturated heterocycles. The fraction of sp³-hybridized carbons (Fsp3) is 0.474. The first-order valence-corrected chi connectivity index (χ1v) is 9.84. The van der Waals surface area contributed by atoms with Gasteiger partial charge in [0.1, 0.15) is 0 Å². The molecular weight excluding hydrogens is 473 g/mol. The quantitative estimate of drug-likeness (QED) is 0.201. The highest BCUT2D eigenvalue weighted by Crippen LogP contribution is 2.10. The Bertz CT molecular complexity index is 675. The molecule has 0 aliphatic carbocycles. The largest absolute Gasteiger partial charge is 0.383 e. The van der Waals surface area contributed by atoms with E-state index in [0.29, 0.717) is 13.2 Å². The minimum atomic E-state index is 0. The molecule has 1 aromatic heterocycles. The minimum absolute atomic E-state index is 0. The first-order valence-electron chi connectivity index (χ1n) is 8.96. The van der Waals surface area contributed by atoms with Gasteiger partial charge in [0.2, 0.25) is 0 Å². The zero-order chi connectivity index (χ0) is 18.6. The van der Waals surface area contributed by atoms with E-state index in [2.05, 4.69) is 62.5 Å². The van der Waals surface area contributed by atoms with Crippen molar-refractivity contribution < 1.29 is 4.74 Å². The number of hydrogen-bond acceptors (Lipinski definition) is 5. The van der Waals surface area contributed by atoms with Gasteiger partial charge in [-0.2, -0.15) is 0 Å². The van der Waals surface area contributed by atoms with Crippen LogP contribution < -0.4 is 16.0 Å². The monoisotopic (exact) mass is 503 g/mol. The molecule has 0 bridgehead atoms. The Balaban J connectivity index is 0.00000364. The molecule has 0 radical (unpaired) electrons. The molecule has 0 atom stereocenters. The molecule has 0 saturated carbocycles. The number of halogens is 1. The number of benzene rings is 1. The maximum absolute atomic E-state index is 5.04. The van der Waals surface area contributed by atoms with Crippen LogP contribution in [0, 0.1) is 6.92 Å². The molecule has 8 heteroatoms. The SMILES string of the molecule is CCNC(=NCc1ccc(NCCOC)cc1)NCCc1csc(C)n1.I. The minimum Gasteiger partial charge on any atom is -0.383 e. The molecule has 2 aromatic rings. The van der Waals surface area contributed by atoms with Gasteiger partial charge in [-0.15, -0.1) is 35.3 Å². The van der Waals surface area contributed by atoms with E-state index in [9.17, 15) is 0 Å². The van der Waals surface area contributed by atoms with Crippen molar-refractivity contribution in [2.45, 2.75) is 26.8 Å². The Labute approximate surface area is 183 Å². The number of thiazole rings is 1. The molecule has 150 valence electrons. The fourth-order valence-corrected chi connectivity index (χ4v) is 3.02. The van der Waals surface area contributed by atoms with Gasteiger partial charge in [0.15, 0.2) is 5.96 Å². The first-order chi connectivity index (χ1) is 12.7. The third-order valence-electron chi connectivity index (χ3n) is 3.69. The van der Waals surface area contributed by atoms with Crippen LogP contribution in [0.2, 0.25) is 0 Å². The van der Waals surface area contributed by atoms with Gasteiger partial charge in [0.05, 0.1) is 23.9 Å². The normalized spacial score (nSPS) is 11.0. The number of methoxy groups -OCH3 is 1. The lowest BCUT2D eigenvalue weighted by atomic mass is 10.2. The number of nitrogens with zero attached hydrogens (tertiary/aromatic N) is 2. The van der Waals surface area contributed by atoms with Gasteiger partial charge in [0, 0.05) is 44.2 Å². The van der Waals surface area contributed by atoms with Crippen LogP contribution in [0.4, 0.5) is 5.69 Å². The number of aliphatic imine (C=N–C) groups is 1. The summed E-state index contributed by atoms with van der Waals surface area (Å²) in [4.78, 5) is 9.15. The second kappa shape index (κ2) is 13.7. The number of guanidine groups is 1. The number of aryl methyl sites for hydroxylation is 1. The highest BCUT2D eigenvalue weighted by atomic mass is 127. The predicted octanol–water partition coefficient (Wildman–Crippen LogP) is 3.43. The standard InChI is InChI=1S/C19H29N5OS.HI/c1-4-20-19(22-10-9-18-14-26-15(2)24-18)23-13-16-5-7-17(8-6-16)21-11-12-25-3;/h5-8,14,21H,4,9-13H2,1-3H3,(H2,20,22,23);1H. The van der Waals surface area contributed by atoms with Crippen LogP contribution in [0.1, 0.15) is 23.2 Å². The van der Waals surface area contributed by atoms with Crippen molar-refractivity contribution in [1.82, 2.24) is 15.6 Å². The van der Waals surface area contributed by atoms with Crippen LogP contribution in [0.25, 0.3) is 0 Å². The highest BCUT2D eigenvalue weighted by Gasteiger charge is 2.01. The summed E-state index contributed by atoms with van der Waals surface area (Å²) in [5.41, 5.74) is 3.40. The lowest BCUT2D eigenvalue weighted by molar-refractivity contribution is 0.211. The van der Waals surface area contributed by atoms with Crippen LogP contribution in [-0.4, -0.2) is 44.3 Å². The third-order valence-corrected chi connectivity index (χ3v) is 4.52. The summed E-state index contributed by atoms with van der Waals surface area (Å²) in [5, 5.41) is 13.2. The Morgan fingerprint density at radius 2 is 1.96 bits per heavy atom. The molecule has 1 heterocycles. The molecule has 0 fully saturated rings. The number of aromatic nitrogens is 1. The fourth-order valence-electron chi connectivity index (χ4n) is 2.37. The van der Waals surface area contributed by atoms with E-state index in [0.717, 1.165) is 48.4 Å². The molecule has 2 rings (SSSR count). The number of rotatable bonds is 10. The third kappa shape index (κ3) is 9.39. The van der Waals surface area contributed by atoms with E-state index < -0.39 is 0 Å². The van der Waals surface area contributed by atoms with Crippen molar-refractivity contribution in [3.05, 3.63) is 45.9 Å². The first kappa shape index (κ1) is 23.6. The second-order valence-corrected chi connectivity index (χ2v) is 6.91. The number of ether oxygens (including phenoxy) is 1. The van der Waals surface area contributed by atoms with Crippen LogP contribution >= 0.6 is 35.3 Å². The number of nitrogens with one attached hydrogen (secondary N) is 3. The van der Waals surface area contributed by atoms with E-state index in [1.54, 1.807) is 18.4 Å². The average molecular weight is 503 g/mol. The number of hydrogen-bond donors (Lipinski definition) is 3. The van der Waals surface area contributed by atoms with E-state index in [1.807, 2.05) is 6.92 Å². The van der Waals surface area contributed by atoms with Gasteiger partial charge < -0.3 is 20.7 Å². The topological polar surface area (TPSA) is 70.6 Å². The molecule has 0 spiro atoms. The molecule has 6 nitrogen and oxygen atoms in total. The van der Waals surface area contributed by atoms with Gasteiger partial charge in [-0.3, -0.25) is 0 Å². The van der Waals surface area contributed by atoms with E-state index in [1.165, 1.54) is 5.56 Å². The van der Waals surface area contributed by atoms with Gasteiger partial charge in [-0.1, -0.05) is 12.1 Å². The maximum atomic E-state index is 5.04. The molecule has 0 amide bonds. The summed E-state index contributed by atoms with van der Waals surface area (Å²) in [7, 11) is 1.71. The summed E-state index contributed by atoms with van der Waals surface area (Å²) in [6.07, 6.45) is 0.899. The Kier molecular flexibility index (Phi) is 12.0. The molecule has 1 aromatic carbocycles. The predicted molar refractivity (Wildman–Crippen MR) is 126 cm³/mol. The zero-order valence-electron chi connectivity index (χ0n) is 16.2. The molecule has 27 heavy (non-hydrogen) atoms. The Hall–Kier alpha value is -1.39. The van der Waals surface area contributed by atoms with Crippen LogP contribution in [-0.2, 0) is 17.7 Å². The highest BCUT2D eigenvalue weighted by molar-refractivity contribution is 14.0. The van der Waals surface area contributed by atoms with Gasteiger partial charge in [-0.25, -0.2) is 9.98 Å². The summed E-state index contributed by atoms with van der Waals surface area (Å²) in [5.74, 6) is 0.835. The lowest BCUT2D eigenvalue weighted by Crippen LogP contribution is -2.38. The zero-order valence-corrected chi connectivity index (χ0v) is 19.4. The van der Waals surface area contributed by atoms with Crippen molar-refractivity contribution in [1.29, 1.82) is 0 Å². The van der Waals surface area contributed by atoms with Crippen molar-refractivity contribution in [3.63, 3.8) is 0 Å². The molecule has 0 aliphatic rings. The maximum Gasteiger partial charge on any atom is 0.191 e. The van der Waals surface area contributed by atoms with Crippen LogP contribution in [0.3, 0.4) is 0 Å². The van der Waals surface area contributed by atoms with Crippen LogP contribution in [0.5, 0.6) is 0 Å². The summed E-state index contributed by atoms with van der Waals surface area (Å²) in [6, 6.07) is 8.34. The second-order valence-electron chi connectivity index (χ2n) is 5.85. The van der Waals surface area contributed by atoms with E-state index in [-0.39, 0.29) is 24.0 Å². The van der Waals surface area contributed by atoms with Crippen molar-refractivity contribution in [2.75, 3.05) is 38.7 Å². The summed E-state index contributed by atoms with van der Waals surface area (Å²) >= 11 is 1.69. The Morgan fingerprint density at radius 3 is 2.59 bits per heavy atom. The van der Waals surface area contributed by atoms with Crippen molar-refractivity contribution in [3.8, 4) is 0 Å². The average Bonchev–Trinajstić information content (AvgIpc) is 3.06. The van der Waals surface area contributed by atoms with Gasteiger partial charge in [-0.05, 0) is 31.5 Å². The van der Waals surface area contributed by atoms with Crippen molar-refractivity contribution in [2.24, 2.45) is 4.99 Å². The van der Waals surface area contributed by atoms with E-state index >= 15 is 0 Å². The van der Waals surface area contributed by atoms with Crippen LogP contribution in [0.15, 0.2) is 34.6 Å². The smallest absolute Gasteiger partial charge is 0.191 e. The number of anilines is 1. The molecular formula is C19H30IN5OS. The summed E-state index contributed by atoms with van der Waals surface area (Å²) < 4.78 is 5.04. The van der Waals surface area contributed by atoms with Gasteiger partial charge in [0.25, 0.3) is 0 Å². The molecule has 0 aliphatic heterocycles. The molecule has 0 unspecified atom stereocenters. The van der Waals surface area contributed by atoms with E-state index in [4.69, 9.17) is 4.74 Å². The molecule has 3 N–H and O–H groups in total. The lowest BCUT2D eigenvalue weighted by Gasteiger charge is -2.11. The summed E-state index contributed by atoms with van der Waals surface area (Å²) in [6.45, 7) is 7.91. The van der Waals surface area contributed by atoms with Crippen molar-refractivity contribution >= 4 is 47.0 Å².